The summed E-state index contributed by atoms with van der Waals surface area (Å²) in [4.78, 5) is 12.0. The first kappa shape index (κ1) is 18.1. The Morgan fingerprint density at radius 3 is 2.43 bits per heavy atom. The van der Waals surface area contributed by atoms with Gasteiger partial charge in [0.15, 0.2) is 0 Å². The molecule has 1 unspecified atom stereocenters. The van der Waals surface area contributed by atoms with E-state index in [1.54, 1.807) is 21.0 Å². The summed E-state index contributed by atoms with van der Waals surface area (Å²) in [7, 11) is 1.59. The Morgan fingerprint density at radius 2 is 1.95 bits per heavy atom. The maximum absolute atomic E-state index is 12.0. The van der Waals surface area contributed by atoms with Crippen LogP contribution < -0.4 is 0 Å². The maximum Gasteiger partial charge on any atom is 0.325 e. The number of rotatable bonds is 7. The van der Waals surface area contributed by atoms with E-state index in [1.807, 2.05) is 37.3 Å². The lowest BCUT2D eigenvalue weighted by molar-refractivity contribution is -0.150. The Morgan fingerprint density at radius 1 is 1.38 bits per heavy atom. The molecular weight excluding hydrogens is 336 g/mol. The van der Waals surface area contributed by atoms with Gasteiger partial charge in [0.1, 0.15) is 4.32 Å². The van der Waals surface area contributed by atoms with E-state index >= 15 is 0 Å². The molecule has 21 heavy (non-hydrogen) atoms. The summed E-state index contributed by atoms with van der Waals surface area (Å²) < 4.78 is 9.36. The lowest BCUT2D eigenvalue weighted by Crippen LogP contribution is -2.47. The van der Waals surface area contributed by atoms with E-state index in [0.717, 1.165) is 5.56 Å². The number of carbonyl (C=O) groups excluding carboxylic acids is 1. The minimum atomic E-state index is -1.17. The Hall–Kier alpha value is -0.910. The van der Waals surface area contributed by atoms with Gasteiger partial charge in [0.2, 0.25) is 0 Å². The third kappa shape index (κ3) is 4.28. The van der Waals surface area contributed by atoms with Crippen LogP contribution in [-0.4, -0.2) is 35.2 Å². The van der Waals surface area contributed by atoms with Crippen molar-refractivity contribution in [1.82, 2.24) is 0 Å². The molecule has 118 valence electrons. The number of alkyl halides is 1. The predicted molar refractivity (Wildman–Crippen MR) is 85.3 cm³/mol. The molecule has 0 saturated carbocycles. The average Bonchev–Trinajstić information content (AvgIpc) is 2.48. The number of aliphatic hydroxyl groups excluding tert-OH is 1. The van der Waals surface area contributed by atoms with Crippen LogP contribution in [0.1, 0.15) is 32.4 Å². The molecule has 0 bridgehead atoms. The van der Waals surface area contributed by atoms with Crippen LogP contribution in [0.25, 0.3) is 0 Å². The van der Waals surface area contributed by atoms with Crippen molar-refractivity contribution < 1.29 is 19.4 Å². The van der Waals surface area contributed by atoms with Gasteiger partial charge in [-0.25, -0.2) is 0 Å². The number of hydrogen-bond donors (Lipinski definition) is 1. The van der Waals surface area contributed by atoms with Crippen LogP contribution in [0.5, 0.6) is 0 Å². The molecule has 0 amide bonds. The first-order valence-electron chi connectivity index (χ1n) is 6.98. The molecule has 0 aliphatic heterocycles. The first-order valence-corrected chi connectivity index (χ1v) is 7.77. The lowest BCUT2D eigenvalue weighted by Gasteiger charge is -2.34. The van der Waals surface area contributed by atoms with Gasteiger partial charge in [0, 0.05) is 13.0 Å². The van der Waals surface area contributed by atoms with Crippen molar-refractivity contribution in [1.29, 1.82) is 0 Å². The molecule has 0 heterocycles. The number of halogens is 1. The quantitative estimate of drug-likeness (QED) is 0.601. The zero-order chi connectivity index (χ0) is 16.0. The van der Waals surface area contributed by atoms with Crippen LogP contribution in [0.15, 0.2) is 30.3 Å². The molecule has 1 N–H and O–H groups in total. The van der Waals surface area contributed by atoms with Gasteiger partial charge in [-0.05, 0) is 19.4 Å². The van der Waals surface area contributed by atoms with Gasteiger partial charge in [0.05, 0.1) is 18.8 Å². The number of carbonyl (C=O) groups is 1. The number of esters is 1. The van der Waals surface area contributed by atoms with E-state index in [2.05, 4.69) is 15.9 Å². The molecule has 0 aromatic heterocycles. The van der Waals surface area contributed by atoms with Crippen molar-refractivity contribution in [3.8, 4) is 0 Å². The zero-order valence-electron chi connectivity index (χ0n) is 12.9. The third-order valence-electron chi connectivity index (χ3n) is 3.59. The summed E-state index contributed by atoms with van der Waals surface area (Å²) in [6.07, 6.45) is -1.27. The van der Waals surface area contributed by atoms with Gasteiger partial charge in [-0.3, -0.25) is 4.79 Å². The van der Waals surface area contributed by atoms with E-state index in [1.165, 1.54) is 0 Å². The van der Waals surface area contributed by atoms with E-state index < -0.39 is 16.4 Å². The highest BCUT2D eigenvalue weighted by Crippen LogP contribution is 2.36. The number of aliphatic hydroxyl groups is 1. The second-order valence-electron chi connectivity index (χ2n) is 5.17. The molecule has 1 aromatic carbocycles. The second kappa shape index (κ2) is 7.92. The fraction of sp³-hybridized carbons (Fsp3) is 0.562. The number of hydrogen-bond acceptors (Lipinski definition) is 4. The fourth-order valence-corrected chi connectivity index (χ4v) is 2.88. The van der Waals surface area contributed by atoms with Gasteiger partial charge in [-0.2, -0.15) is 0 Å². The van der Waals surface area contributed by atoms with Crippen LogP contribution in [0.2, 0.25) is 0 Å². The van der Waals surface area contributed by atoms with Crippen LogP contribution >= 0.6 is 15.9 Å². The number of ether oxygens (including phenoxy) is 2. The molecule has 0 fully saturated rings. The molecule has 1 rings (SSSR count). The topological polar surface area (TPSA) is 55.8 Å². The molecule has 4 atom stereocenters. The van der Waals surface area contributed by atoms with E-state index in [-0.39, 0.29) is 18.6 Å². The Balaban J connectivity index is 2.94. The predicted octanol–water partition coefficient (Wildman–Crippen LogP) is 3.09. The molecule has 0 aliphatic rings. The molecule has 5 heteroatoms. The fourth-order valence-electron chi connectivity index (χ4n) is 2.35. The SMILES string of the molecule is CCOC(=O)C(C)(Br)[C@@H](O)[C@@H](C)[C@H](OC)c1ccccc1. The van der Waals surface area contributed by atoms with Crippen molar-refractivity contribution in [2.45, 2.75) is 37.3 Å². The zero-order valence-corrected chi connectivity index (χ0v) is 14.5. The first-order chi connectivity index (χ1) is 9.86. The monoisotopic (exact) mass is 358 g/mol. The minimum Gasteiger partial charge on any atom is -0.465 e. The summed E-state index contributed by atoms with van der Waals surface area (Å²) >= 11 is 3.30. The van der Waals surface area contributed by atoms with E-state index in [0.29, 0.717) is 0 Å². The summed E-state index contributed by atoms with van der Waals surface area (Å²) in [5.41, 5.74) is 0.957. The highest BCUT2D eigenvalue weighted by atomic mass is 79.9. The van der Waals surface area contributed by atoms with Crippen LogP contribution in [0.3, 0.4) is 0 Å². The Bertz CT molecular complexity index is 447. The molecule has 0 spiro atoms. The smallest absolute Gasteiger partial charge is 0.325 e. The van der Waals surface area contributed by atoms with Crippen LogP contribution in [-0.2, 0) is 14.3 Å². The Kier molecular flexibility index (Phi) is 6.84. The molecule has 0 aliphatic carbocycles. The van der Waals surface area contributed by atoms with Gasteiger partial charge in [-0.15, -0.1) is 0 Å². The third-order valence-corrected chi connectivity index (χ3v) is 4.38. The van der Waals surface area contributed by atoms with Gasteiger partial charge in [0.25, 0.3) is 0 Å². The summed E-state index contributed by atoms with van der Waals surface area (Å²) in [5, 5.41) is 10.6. The average molecular weight is 359 g/mol. The van der Waals surface area contributed by atoms with E-state index in [4.69, 9.17) is 9.47 Å². The maximum atomic E-state index is 12.0. The number of benzene rings is 1. The van der Waals surface area contributed by atoms with Crippen molar-refractivity contribution in [2.75, 3.05) is 13.7 Å². The second-order valence-corrected chi connectivity index (χ2v) is 6.81. The normalized spacial score (nSPS) is 18.4. The summed E-state index contributed by atoms with van der Waals surface area (Å²) in [6, 6.07) is 9.63. The van der Waals surface area contributed by atoms with Crippen LogP contribution in [0.4, 0.5) is 0 Å². The molecule has 1 aromatic rings. The molecule has 0 radical (unpaired) electrons. The highest BCUT2D eigenvalue weighted by Gasteiger charge is 2.44. The lowest BCUT2D eigenvalue weighted by atomic mass is 9.86. The molecular formula is C16H23BrO4. The van der Waals surface area contributed by atoms with Gasteiger partial charge < -0.3 is 14.6 Å². The standard InChI is InChI=1S/C16H23BrO4/c1-5-21-15(19)16(3,17)14(18)11(2)13(20-4)12-9-7-6-8-10-12/h6-11,13-14,18H,5H2,1-4H3/t11-,13-,14-,16?/m0/s1. The van der Waals surface area contributed by atoms with Crippen LogP contribution in [0, 0.1) is 5.92 Å². The van der Waals surface area contributed by atoms with Crippen molar-refractivity contribution in [2.24, 2.45) is 5.92 Å². The molecule has 4 nitrogen and oxygen atoms in total. The van der Waals surface area contributed by atoms with Crippen molar-refractivity contribution >= 4 is 21.9 Å². The molecule has 0 saturated heterocycles. The van der Waals surface area contributed by atoms with Crippen molar-refractivity contribution in [3.05, 3.63) is 35.9 Å². The summed E-state index contributed by atoms with van der Waals surface area (Å²) in [5.74, 6) is -0.779. The highest BCUT2D eigenvalue weighted by molar-refractivity contribution is 9.10. The largest absolute Gasteiger partial charge is 0.465 e. The van der Waals surface area contributed by atoms with E-state index in [9.17, 15) is 9.90 Å². The summed E-state index contributed by atoms with van der Waals surface area (Å²) in [6.45, 7) is 5.47. The van der Waals surface area contributed by atoms with Gasteiger partial charge >= 0.3 is 5.97 Å². The van der Waals surface area contributed by atoms with Crippen molar-refractivity contribution in [3.63, 3.8) is 0 Å². The Labute approximate surface area is 134 Å². The minimum absolute atomic E-state index is 0.271. The van der Waals surface area contributed by atoms with Gasteiger partial charge in [-0.1, -0.05) is 53.2 Å². The number of methoxy groups -OCH3 is 1.